The van der Waals surface area contributed by atoms with Gasteiger partial charge in [0.2, 0.25) is 0 Å². The molecule has 0 saturated carbocycles. The van der Waals surface area contributed by atoms with Crippen LogP contribution in [-0.4, -0.2) is 57.1 Å². The van der Waals surface area contributed by atoms with E-state index >= 15 is 0 Å². The normalized spacial score (nSPS) is 17.1. The molecule has 0 saturated heterocycles. The molecular weight excluding hydrogens is 248 g/mol. The van der Waals surface area contributed by atoms with E-state index in [1.165, 1.54) is 0 Å². The summed E-state index contributed by atoms with van der Waals surface area (Å²) < 4.78 is 0. The van der Waals surface area contributed by atoms with Gasteiger partial charge in [-0.15, -0.1) is 0 Å². The molecule has 0 heterocycles. The van der Waals surface area contributed by atoms with Crippen molar-refractivity contribution in [2.24, 2.45) is 0 Å². The van der Waals surface area contributed by atoms with Gasteiger partial charge < -0.3 is 25.5 Å². The second-order valence-corrected chi connectivity index (χ2v) is 4.52. The zero-order chi connectivity index (χ0) is 14.5. The van der Waals surface area contributed by atoms with Gasteiger partial charge in [-0.2, -0.15) is 0 Å². The van der Waals surface area contributed by atoms with Crippen molar-refractivity contribution < 1.29 is 25.5 Å². The molecule has 0 aliphatic heterocycles. The number of aliphatic hydroxyl groups excluding tert-OH is 5. The molecule has 0 radical (unpaired) electrons. The van der Waals surface area contributed by atoms with E-state index in [9.17, 15) is 10.2 Å². The number of unbranched alkanes of at least 4 members (excludes halogenated alkanes) is 1. The predicted octanol–water partition coefficient (Wildman–Crippen LogP) is 0.117. The maximum Gasteiger partial charge on any atom is 0.0805 e. The minimum atomic E-state index is -0.785. The lowest BCUT2D eigenvalue weighted by Crippen LogP contribution is -2.10. The van der Waals surface area contributed by atoms with Gasteiger partial charge in [0.1, 0.15) is 0 Å². The third-order valence-corrected chi connectivity index (χ3v) is 2.62. The SMILES string of the molecule is OCCCC[C@@H](O)/C=C/C[C@@H](O)/C=C/C[C@H](O)CO. The molecule has 0 aromatic heterocycles. The lowest BCUT2D eigenvalue weighted by molar-refractivity contribution is 0.0973. The van der Waals surface area contributed by atoms with Crippen LogP contribution in [0.2, 0.25) is 0 Å². The quantitative estimate of drug-likeness (QED) is 0.272. The molecule has 5 N–H and O–H groups in total. The Bertz CT molecular complexity index is 252. The monoisotopic (exact) mass is 274 g/mol. The molecular formula is C14H26O5. The topological polar surface area (TPSA) is 101 Å². The summed E-state index contributed by atoms with van der Waals surface area (Å²) in [5.41, 5.74) is 0. The van der Waals surface area contributed by atoms with Crippen LogP contribution in [0.3, 0.4) is 0 Å². The molecule has 0 unspecified atom stereocenters. The fourth-order valence-corrected chi connectivity index (χ4v) is 1.48. The van der Waals surface area contributed by atoms with Crippen LogP contribution in [0.1, 0.15) is 32.1 Å². The molecule has 112 valence electrons. The van der Waals surface area contributed by atoms with E-state index in [4.69, 9.17) is 15.3 Å². The molecule has 0 aromatic rings. The summed E-state index contributed by atoms with van der Waals surface area (Å²) in [6, 6.07) is 0. The van der Waals surface area contributed by atoms with Crippen LogP contribution in [0.15, 0.2) is 24.3 Å². The van der Waals surface area contributed by atoms with E-state index in [0.29, 0.717) is 25.7 Å². The first-order chi connectivity index (χ1) is 9.10. The zero-order valence-corrected chi connectivity index (χ0v) is 11.2. The first-order valence-corrected chi connectivity index (χ1v) is 6.69. The van der Waals surface area contributed by atoms with Crippen molar-refractivity contribution in [2.45, 2.75) is 50.4 Å². The highest BCUT2D eigenvalue weighted by atomic mass is 16.3. The molecule has 0 aromatic carbocycles. The molecule has 19 heavy (non-hydrogen) atoms. The van der Waals surface area contributed by atoms with E-state index in [1.54, 1.807) is 24.3 Å². The Hall–Kier alpha value is -0.720. The van der Waals surface area contributed by atoms with Gasteiger partial charge in [-0.25, -0.2) is 0 Å². The Morgan fingerprint density at radius 1 is 0.789 bits per heavy atom. The summed E-state index contributed by atoms with van der Waals surface area (Å²) in [7, 11) is 0. The van der Waals surface area contributed by atoms with E-state index in [1.807, 2.05) is 0 Å². The van der Waals surface area contributed by atoms with Crippen LogP contribution in [0, 0.1) is 0 Å². The molecule has 0 rings (SSSR count). The number of hydrogen-bond donors (Lipinski definition) is 5. The minimum Gasteiger partial charge on any atom is -0.396 e. The fraction of sp³-hybridized carbons (Fsp3) is 0.714. The van der Waals surface area contributed by atoms with Gasteiger partial charge in [0.25, 0.3) is 0 Å². The second kappa shape index (κ2) is 12.3. The summed E-state index contributed by atoms with van der Waals surface area (Å²) in [5, 5.41) is 45.4. The fourth-order valence-electron chi connectivity index (χ4n) is 1.48. The lowest BCUT2D eigenvalue weighted by atomic mass is 10.1. The van der Waals surface area contributed by atoms with E-state index < -0.39 is 18.3 Å². The van der Waals surface area contributed by atoms with Gasteiger partial charge in [-0.05, 0) is 32.1 Å². The number of aliphatic hydroxyl groups is 5. The van der Waals surface area contributed by atoms with Crippen LogP contribution in [0.25, 0.3) is 0 Å². The summed E-state index contributed by atoms with van der Waals surface area (Å²) in [4.78, 5) is 0. The summed E-state index contributed by atoms with van der Waals surface area (Å²) >= 11 is 0. The first kappa shape index (κ1) is 18.3. The summed E-state index contributed by atoms with van der Waals surface area (Å²) in [6.07, 6.45) is 7.29. The molecule has 0 bridgehead atoms. The summed E-state index contributed by atoms with van der Waals surface area (Å²) in [5.74, 6) is 0. The van der Waals surface area contributed by atoms with Crippen molar-refractivity contribution in [3.63, 3.8) is 0 Å². The van der Waals surface area contributed by atoms with Crippen LogP contribution in [-0.2, 0) is 0 Å². The van der Waals surface area contributed by atoms with E-state index in [-0.39, 0.29) is 13.2 Å². The molecule has 0 aliphatic carbocycles. The smallest absolute Gasteiger partial charge is 0.0805 e. The van der Waals surface area contributed by atoms with Crippen LogP contribution < -0.4 is 0 Å². The lowest BCUT2D eigenvalue weighted by Gasteiger charge is -2.06. The van der Waals surface area contributed by atoms with Crippen molar-refractivity contribution in [1.82, 2.24) is 0 Å². The van der Waals surface area contributed by atoms with Crippen molar-refractivity contribution in [3.8, 4) is 0 Å². The highest BCUT2D eigenvalue weighted by molar-refractivity contribution is 4.97. The van der Waals surface area contributed by atoms with Crippen molar-refractivity contribution in [1.29, 1.82) is 0 Å². The Morgan fingerprint density at radius 3 is 2.05 bits per heavy atom. The molecule has 5 nitrogen and oxygen atoms in total. The predicted molar refractivity (Wildman–Crippen MR) is 73.6 cm³/mol. The van der Waals surface area contributed by atoms with Gasteiger partial charge in [0, 0.05) is 6.61 Å². The molecule has 0 aliphatic rings. The third-order valence-electron chi connectivity index (χ3n) is 2.62. The largest absolute Gasteiger partial charge is 0.396 e. The molecule has 3 atom stereocenters. The van der Waals surface area contributed by atoms with E-state index in [0.717, 1.165) is 6.42 Å². The van der Waals surface area contributed by atoms with Gasteiger partial charge in [-0.1, -0.05) is 24.3 Å². The maximum absolute atomic E-state index is 9.56. The van der Waals surface area contributed by atoms with Gasteiger partial charge >= 0.3 is 0 Å². The molecule has 0 spiro atoms. The standard InChI is InChI=1S/C14H26O5/c15-10-2-1-5-12(17)6-3-7-13(18)8-4-9-14(19)11-16/h3-4,6,8,12-19H,1-2,5,7,9-11H2/b6-3+,8-4+/t12-,13-,14+/m1/s1. The van der Waals surface area contributed by atoms with Crippen LogP contribution in [0.4, 0.5) is 0 Å². The van der Waals surface area contributed by atoms with Crippen LogP contribution >= 0.6 is 0 Å². The van der Waals surface area contributed by atoms with Crippen molar-refractivity contribution in [3.05, 3.63) is 24.3 Å². The van der Waals surface area contributed by atoms with Gasteiger partial charge in [-0.3, -0.25) is 0 Å². The van der Waals surface area contributed by atoms with Crippen molar-refractivity contribution >= 4 is 0 Å². The van der Waals surface area contributed by atoms with Gasteiger partial charge in [0.15, 0.2) is 0 Å². The Kier molecular flexibility index (Phi) is 11.9. The van der Waals surface area contributed by atoms with Crippen LogP contribution in [0.5, 0.6) is 0 Å². The zero-order valence-electron chi connectivity index (χ0n) is 11.2. The molecule has 5 heteroatoms. The second-order valence-electron chi connectivity index (χ2n) is 4.52. The van der Waals surface area contributed by atoms with E-state index in [2.05, 4.69) is 0 Å². The van der Waals surface area contributed by atoms with Crippen molar-refractivity contribution in [2.75, 3.05) is 13.2 Å². The Labute approximate surface area is 114 Å². The molecule has 0 fully saturated rings. The number of hydrogen-bond acceptors (Lipinski definition) is 5. The molecule has 0 amide bonds. The maximum atomic E-state index is 9.56. The van der Waals surface area contributed by atoms with Gasteiger partial charge in [0.05, 0.1) is 24.9 Å². The Balaban J connectivity index is 3.73. The highest BCUT2D eigenvalue weighted by Gasteiger charge is 2.01. The summed E-state index contributed by atoms with van der Waals surface area (Å²) in [6.45, 7) is -0.153. The minimum absolute atomic E-state index is 0.139. The Morgan fingerprint density at radius 2 is 1.42 bits per heavy atom. The number of rotatable bonds is 11. The highest BCUT2D eigenvalue weighted by Crippen LogP contribution is 2.04. The average Bonchev–Trinajstić information content (AvgIpc) is 2.38. The average molecular weight is 274 g/mol. The first-order valence-electron chi connectivity index (χ1n) is 6.69. The third kappa shape index (κ3) is 12.1.